The van der Waals surface area contributed by atoms with Crippen molar-refractivity contribution in [2.75, 3.05) is 19.8 Å². The molecule has 24 heavy (non-hydrogen) atoms. The lowest BCUT2D eigenvalue weighted by atomic mass is 10.1. The number of H-pyrrole nitrogens is 1. The number of nitrogens with one attached hydrogen (secondary N) is 2. The van der Waals surface area contributed by atoms with E-state index in [4.69, 9.17) is 4.74 Å². The first-order chi connectivity index (χ1) is 11.8. The number of aromatic nitrogens is 3. The second-order valence-corrected chi connectivity index (χ2v) is 5.39. The van der Waals surface area contributed by atoms with Crippen LogP contribution in [0.5, 0.6) is 0 Å². The van der Waals surface area contributed by atoms with E-state index in [0.29, 0.717) is 31.1 Å². The third-order valence-corrected chi connectivity index (χ3v) is 3.79. The smallest absolute Gasteiger partial charge is 0.358 e. The van der Waals surface area contributed by atoms with Crippen LogP contribution in [0.2, 0.25) is 0 Å². The topological polar surface area (TPSA) is 83.5 Å². The van der Waals surface area contributed by atoms with Crippen LogP contribution in [0.3, 0.4) is 0 Å². The second kappa shape index (κ2) is 6.21. The Bertz CT molecular complexity index is 932. The average Bonchev–Trinajstić information content (AvgIpc) is 3.03. The van der Waals surface area contributed by atoms with Crippen molar-refractivity contribution < 1.29 is 14.0 Å². The van der Waals surface area contributed by atoms with Crippen molar-refractivity contribution in [3.63, 3.8) is 0 Å². The van der Waals surface area contributed by atoms with Gasteiger partial charge in [0.05, 0.1) is 31.0 Å². The number of amides is 1. The molecule has 7 heteroatoms. The molecule has 0 atom stereocenters. The molecule has 7 nitrogen and oxygen atoms in total. The molecule has 4 bridgehead atoms. The van der Waals surface area contributed by atoms with Crippen LogP contribution in [-0.2, 0) is 4.74 Å². The molecule has 1 amide bonds. The molecule has 120 valence electrons. The quantitative estimate of drug-likeness (QED) is 0.612. The van der Waals surface area contributed by atoms with E-state index in [2.05, 4.69) is 20.4 Å². The van der Waals surface area contributed by atoms with Crippen molar-refractivity contribution in [1.82, 2.24) is 15.4 Å². The molecule has 3 aromatic rings. The van der Waals surface area contributed by atoms with Gasteiger partial charge in [-0.2, -0.15) is 0 Å². The zero-order valence-electron chi connectivity index (χ0n) is 12.9. The Balaban J connectivity index is 1.86. The van der Waals surface area contributed by atoms with E-state index in [9.17, 15) is 4.79 Å². The number of fused-ring (bicyclic) bond motifs is 4. The summed E-state index contributed by atoms with van der Waals surface area (Å²) < 4.78 is 7.24. The molecule has 1 aliphatic heterocycles. The fourth-order valence-corrected chi connectivity index (χ4v) is 2.62. The molecule has 1 aliphatic rings. The number of aliphatic imine (C=N–C) groups is 1. The molecule has 3 heterocycles. The Morgan fingerprint density at radius 2 is 2.12 bits per heavy atom. The molecule has 0 aliphatic carbocycles. The Kier molecular flexibility index (Phi) is 3.76. The van der Waals surface area contributed by atoms with E-state index in [0.717, 1.165) is 16.8 Å². The Morgan fingerprint density at radius 1 is 1.21 bits per heavy atom. The third-order valence-electron chi connectivity index (χ3n) is 3.79. The van der Waals surface area contributed by atoms with E-state index >= 15 is 0 Å². The molecule has 0 saturated heterocycles. The molecule has 0 saturated carbocycles. The van der Waals surface area contributed by atoms with Gasteiger partial charge >= 0.3 is 5.65 Å². The zero-order chi connectivity index (χ0) is 16.4. The molecular weight excluding hydrogens is 306 g/mol. The monoisotopic (exact) mass is 322 g/mol. The van der Waals surface area contributed by atoms with Crippen LogP contribution in [0.15, 0.2) is 47.7 Å². The number of hydrogen-bond donors (Lipinski definition) is 2. The molecule has 0 fully saturated rings. The Hall–Kier alpha value is -3.06. The van der Waals surface area contributed by atoms with Crippen LogP contribution in [0, 0.1) is 0 Å². The summed E-state index contributed by atoms with van der Waals surface area (Å²) in [6.07, 6.45) is 5.41. The van der Waals surface area contributed by atoms with Gasteiger partial charge in [0, 0.05) is 18.3 Å². The molecule has 0 radical (unpaired) electrons. The van der Waals surface area contributed by atoms with Gasteiger partial charge in [-0.15, -0.1) is 4.52 Å². The summed E-state index contributed by atoms with van der Waals surface area (Å²) in [5.74, 6) is 0.491. The summed E-state index contributed by atoms with van der Waals surface area (Å²) >= 11 is 0. The zero-order valence-corrected chi connectivity index (χ0v) is 12.9. The van der Waals surface area contributed by atoms with Gasteiger partial charge in [0.15, 0.2) is 0 Å². The lowest BCUT2D eigenvalue weighted by molar-refractivity contribution is -0.578. The average molecular weight is 322 g/mol. The predicted molar refractivity (Wildman–Crippen MR) is 88.5 cm³/mol. The first kappa shape index (κ1) is 14.5. The van der Waals surface area contributed by atoms with Crippen LogP contribution >= 0.6 is 0 Å². The van der Waals surface area contributed by atoms with E-state index in [1.807, 2.05) is 41.2 Å². The third kappa shape index (κ3) is 2.77. The van der Waals surface area contributed by atoms with Crippen LogP contribution < -0.4 is 9.83 Å². The fourth-order valence-electron chi connectivity index (χ4n) is 2.62. The maximum Gasteiger partial charge on any atom is 0.358 e. The van der Waals surface area contributed by atoms with Gasteiger partial charge < -0.3 is 10.1 Å². The minimum Gasteiger partial charge on any atom is -0.374 e. The minimum atomic E-state index is -0.120. The Morgan fingerprint density at radius 3 is 3.08 bits per heavy atom. The van der Waals surface area contributed by atoms with Crippen LogP contribution in [-0.4, -0.2) is 42.0 Å². The lowest BCUT2D eigenvalue weighted by Gasteiger charge is -2.06. The minimum absolute atomic E-state index is 0.120. The fraction of sp³-hybridized carbons (Fsp3) is 0.176. The van der Waals surface area contributed by atoms with Gasteiger partial charge in [-0.05, 0) is 22.7 Å². The van der Waals surface area contributed by atoms with Crippen molar-refractivity contribution in [3.8, 4) is 11.1 Å². The molecule has 2 N–H and O–H groups in total. The van der Waals surface area contributed by atoms with Gasteiger partial charge in [-0.25, -0.2) is 10.1 Å². The molecule has 4 rings (SSSR count). The van der Waals surface area contributed by atoms with E-state index in [1.54, 1.807) is 12.3 Å². The number of nitrogens with zero attached hydrogens (tertiary/aromatic N) is 3. The molecule has 1 aromatic carbocycles. The highest BCUT2D eigenvalue weighted by molar-refractivity contribution is 5.95. The summed E-state index contributed by atoms with van der Waals surface area (Å²) in [4.78, 5) is 21.1. The highest BCUT2D eigenvalue weighted by atomic mass is 16.5. The summed E-state index contributed by atoms with van der Waals surface area (Å²) in [6, 6.07) is 9.30. The normalized spacial score (nSPS) is 15.1. The summed E-state index contributed by atoms with van der Waals surface area (Å²) in [5.41, 5.74) is 3.18. The first-order valence-corrected chi connectivity index (χ1v) is 7.70. The van der Waals surface area contributed by atoms with E-state index in [-0.39, 0.29) is 5.91 Å². The van der Waals surface area contributed by atoms with Crippen LogP contribution in [0.1, 0.15) is 10.4 Å². The number of ether oxygens (including phenoxy) is 1. The van der Waals surface area contributed by atoms with Gasteiger partial charge in [0.2, 0.25) is 0 Å². The predicted octanol–water partition coefficient (Wildman–Crippen LogP) is 1.28. The van der Waals surface area contributed by atoms with Crippen molar-refractivity contribution in [2.24, 2.45) is 4.99 Å². The van der Waals surface area contributed by atoms with Crippen molar-refractivity contribution >= 4 is 23.6 Å². The largest absolute Gasteiger partial charge is 0.374 e. The van der Waals surface area contributed by atoms with E-state index < -0.39 is 0 Å². The maximum atomic E-state index is 12.3. The maximum absolute atomic E-state index is 12.3. The van der Waals surface area contributed by atoms with Gasteiger partial charge in [-0.1, -0.05) is 12.1 Å². The van der Waals surface area contributed by atoms with Crippen molar-refractivity contribution in [3.05, 3.63) is 48.3 Å². The lowest BCUT2D eigenvalue weighted by Crippen LogP contribution is -2.27. The molecule has 0 unspecified atom stereocenters. The number of carbonyl (C=O) groups is 1. The number of benzene rings is 1. The molecule has 2 aromatic heterocycles. The molecular formula is C17H16N5O2+. The highest BCUT2D eigenvalue weighted by Gasteiger charge is 2.18. The number of hydrogen-bond acceptors (Lipinski definition) is 4. The van der Waals surface area contributed by atoms with Gasteiger partial charge in [-0.3, -0.25) is 4.79 Å². The molecule has 0 spiro atoms. The van der Waals surface area contributed by atoms with Crippen molar-refractivity contribution in [1.29, 1.82) is 0 Å². The SMILES string of the molecule is O=C1NCCOCC=Nc2cc[n+]3[nH]cc(c3n2)-c2cccc1c2. The van der Waals surface area contributed by atoms with Gasteiger partial charge in [0.1, 0.15) is 6.20 Å². The van der Waals surface area contributed by atoms with Gasteiger partial charge in [0.25, 0.3) is 11.7 Å². The van der Waals surface area contributed by atoms with Crippen LogP contribution in [0.25, 0.3) is 16.8 Å². The Labute approximate surface area is 138 Å². The summed E-state index contributed by atoms with van der Waals surface area (Å²) in [7, 11) is 0. The number of rotatable bonds is 0. The second-order valence-electron chi connectivity index (χ2n) is 5.39. The standard InChI is InChI=1S/C17H15N5O2/c23-17-13-3-1-2-12(10-13)14-11-20-22-7-4-15(21-16(14)22)18-5-8-24-9-6-19-17/h1-5,7,10-11H,6,8-9H2,(H,19,23)/p+1. The first-order valence-electron chi connectivity index (χ1n) is 7.70. The van der Waals surface area contributed by atoms with Crippen LogP contribution in [0.4, 0.5) is 5.82 Å². The van der Waals surface area contributed by atoms with E-state index in [1.165, 1.54) is 0 Å². The summed E-state index contributed by atoms with van der Waals surface area (Å²) in [5, 5.41) is 5.98. The van der Waals surface area contributed by atoms with Crippen molar-refractivity contribution in [2.45, 2.75) is 0 Å². The number of aromatic amines is 1. The highest BCUT2D eigenvalue weighted by Crippen LogP contribution is 2.23. The number of carbonyl (C=O) groups excluding carboxylic acids is 1. The summed E-state index contributed by atoms with van der Waals surface area (Å²) in [6.45, 7) is 1.25.